The molecule has 124 valence electrons. The van der Waals surface area contributed by atoms with Gasteiger partial charge in [-0.3, -0.25) is 0 Å². The molecule has 0 heterocycles. The van der Waals surface area contributed by atoms with Crippen molar-refractivity contribution in [3.05, 3.63) is 0 Å². The molecule has 1 heteroatoms. The Kier molecular flexibility index (Phi) is 7.57. The van der Waals surface area contributed by atoms with Crippen LogP contribution in [0.1, 0.15) is 85.0 Å². The Morgan fingerprint density at radius 1 is 0.810 bits per heavy atom. The molecule has 0 amide bonds. The Hall–Kier alpha value is -0.0400. The fourth-order valence-corrected chi connectivity index (χ4v) is 5.28. The summed E-state index contributed by atoms with van der Waals surface area (Å²) in [5.74, 6) is 5.10. The van der Waals surface area contributed by atoms with Crippen molar-refractivity contribution >= 4 is 0 Å². The van der Waals surface area contributed by atoms with Crippen molar-refractivity contribution in [2.45, 2.75) is 85.0 Å². The van der Waals surface area contributed by atoms with Gasteiger partial charge in [0.2, 0.25) is 0 Å². The van der Waals surface area contributed by atoms with Crippen molar-refractivity contribution in [1.82, 2.24) is 5.32 Å². The standard InChI is InChI=1S/C20H39N/c1-4-13-21-15-18-12-11-16(5-2)14-20(18)19-10-8-7-9-17(19)6-3/h16-21H,4-15H2,1-3H3. The smallest absolute Gasteiger partial charge is 0.00178 e. The van der Waals surface area contributed by atoms with Crippen molar-refractivity contribution < 1.29 is 0 Å². The molecule has 1 N–H and O–H groups in total. The SMILES string of the molecule is CCCNCC1CCC(CC)CC1C1CCCCC1CC. The maximum atomic E-state index is 3.74. The molecular weight excluding hydrogens is 254 g/mol. The Labute approximate surface area is 133 Å². The van der Waals surface area contributed by atoms with Crippen molar-refractivity contribution in [2.24, 2.45) is 29.6 Å². The van der Waals surface area contributed by atoms with Gasteiger partial charge in [0.05, 0.1) is 0 Å². The third-order valence-corrected chi connectivity index (χ3v) is 6.61. The topological polar surface area (TPSA) is 12.0 Å². The second-order valence-electron chi connectivity index (χ2n) is 7.83. The highest BCUT2D eigenvalue weighted by Gasteiger charge is 2.38. The van der Waals surface area contributed by atoms with E-state index >= 15 is 0 Å². The predicted octanol–water partition coefficient (Wildman–Crippen LogP) is 5.64. The van der Waals surface area contributed by atoms with Gasteiger partial charge in [0.25, 0.3) is 0 Å². The summed E-state index contributed by atoms with van der Waals surface area (Å²) in [5.41, 5.74) is 0. The third-order valence-electron chi connectivity index (χ3n) is 6.61. The fourth-order valence-electron chi connectivity index (χ4n) is 5.28. The van der Waals surface area contributed by atoms with Gasteiger partial charge in [-0.2, -0.15) is 0 Å². The Bertz CT molecular complexity index is 273. The number of hydrogen-bond donors (Lipinski definition) is 1. The Balaban J connectivity index is 2.00. The van der Waals surface area contributed by atoms with Gasteiger partial charge in [-0.1, -0.05) is 59.3 Å². The highest BCUT2D eigenvalue weighted by Crippen LogP contribution is 2.47. The fraction of sp³-hybridized carbons (Fsp3) is 1.00. The molecule has 1 nitrogen and oxygen atoms in total. The molecule has 2 aliphatic carbocycles. The minimum atomic E-state index is 0.969. The molecule has 21 heavy (non-hydrogen) atoms. The summed E-state index contributed by atoms with van der Waals surface area (Å²) in [6.45, 7) is 9.64. The van der Waals surface area contributed by atoms with Crippen LogP contribution in [0.5, 0.6) is 0 Å². The summed E-state index contributed by atoms with van der Waals surface area (Å²) in [7, 11) is 0. The summed E-state index contributed by atoms with van der Waals surface area (Å²) in [6.07, 6.45) is 14.7. The van der Waals surface area contributed by atoms with E-state index in [-0.39, 0.29) is 0 Å². The summed E-state index contributed by atoms with van der Waals surface area (Å²) in [6, 6.07) is 0. The molecule has 0 aromatic heterocycles. The first-order valence-electron chi connectivity index (χ1n) is 10.0. The maximum Gasteiger partial charge on any atom is -0.00178 e. The molecule has 2 aliphatic rings. The minimum absolute atomic E-state index is 0.969. The van der Waals surface area contributed by atoms with E-state index in [9.17, 15) is 0 Å². The quantitative estimate of drug-likeness (QED) is 0.598. The Morgan fingerprint density at radius 2 is 1.62 bits per heavy atom. The Morgan fingerprint density at radius 3 is 2.33 bits per heavy atom. The lowest BCUT2D eigenvalue weighted by molar-refractivity contribution is 0.0557. The zero-order valence-electron chi connectivity index (χ0n) is 14.9. The van der Waals surface area contributed by atoms with E-state index in [1.807, 2.05) is 0 Å². The van der Waals surface area contributed by atoms with E-state index in [1.54, 1.807) is 0 Å². The summed E-state index contributed by atoms with van der Waals surface area (Å²) in [4.78, 5) is 0. The van der Waals surface area contributed by atoms with E-state index < -0.39 is 0 Å². The largest absolute Gasteiger partial charge is 0.316 e. The molecule has 0 radical (unpaired) electrons. The second kappa shape index (κ2) is 9.18. The molecular formula is C20H39N. The number of rotatable bonds is 7. The minimum Gasteiger partial charge on any atom is -0.316 e. The summed E-state index contributed by atoms with van der Waals surface area (Å²) in [5, 5.41) is 3.74. The van der Waals surface area contributed by atoms with Crippen LogP contribution in [0, 0.1) is 29.6 Å². The van der Waals surface area contributed by atoms with Crippen molar-refractivity contribution in [2.75, 3.05) is 13.1 Å². The van der Waals surface area contributed by atoms with Gasteiger partial charge in [0.15, 0.2) is 0 Å². The molecule has 0 spiro atoms. The van der Waals surface area contributed by atoms with Crippen LogP contribution in [-0.2, 0) is 0 Å². The number of nitrogens with one attached hydrogen (secondary N) is 1. The van der Waals surface area contributed by atoms with E-state index in [1.165, 1.54) is 77.3 Å². The van der Waals surface area contributed by atoms with Gasteiger partial charge in [-0.25, -0.2) is 0 Å². The van der Waals surface area contributed by atoms with Crippen molar-refractivity contribution in [3.8, 4) is 0 Å². The van der Waals surface area contributed by atoms with Crippen LogP contribution < -0.4 is 5.32 Å². The van der Waals surface area contributed by atoms with Gasteiger partial charge in [0, 0.05) is 0 Å². The molecule has 5 unspecified atom stereocenters. The molecule has 2 rings (SSSR count). The molecule has 0 saturated heterocycles. The second-order valence-corrected chi connectivity index (χ2v) is 7.83. The monoisotopic (exact) mass is 293 g/mol. The number of hydrogen-bond acceptors (Lipinski definition) is 1. The van der Waals surface area contributed by atoms with Crippen LogP contribution in [0.3, 0.4) is 0 Å². The average Bonchev–Trinajstić information content (AvgIpc) is 2.55. The van der Waals surface area contributed by atoms with Crippen LogP contribution in [0.4, 0.5) is 0 Å². The summed E-state index contributed by atoms with van der Waals surface area (Å²) < 4.78 is 0. The first kappa shape index (κ1) is 17.3. The first-order valence-corrected chi connectivity index (χ1v) is 10.0. The zero-order valence-corrected chi connectivity index (χ0v) is 14.9. The molecule has 0 aromatic carbocycles. The van der Waals surface area contributed by atoms with Crippen LogP contribution in [0.15, 0.2) is 0 Å². The normalized spacial score (nSPS) is 37.6. The van der Waals surface area contributed by atoms with Gasteiger partial charge in [-0.15, -0.1) is 0 Å². The molecule has 0 bridgehead atoms. The van der Waals surface area contributed by atoms with Crippen LogP contribution in [0.25, 0.3) is 0 Å². The maximum absolute atomic E-state index is 3.74. The average molecular weight is 294 g/mol. The van der Waals surface area contributed by atoms with Crippen LogP contribution >= 0.6 is 0 Å². The molecule has 2 saturated carbocycles. The van der Waals surface area contributed by atoms with E-state index in [0.717, 1.165) is 29.6 Å². The third kappa shape index (κ3) is 4.71. The molecule has 0 aromatic rings. The predicted molar refractivity (Wildman–Crippen MR) is 93.5 cm³/mol. The van der Waals surface area contributed by atoms with E-state index in [4.69, 9.17) is 0 Å². The molecule has 2 fully saturated rings. The lowest BCUT2D eigenvalue weighted by Gasteiger charge is -2.45. The highest BCUT2D eigenvalue weighted by molar-refractivity contribution is 4.89. The van der Waals surface area contributed by atoms with Crippen LogP contribution in [-0.4, -0.2) is 13.1 Å². The molecule has 5 atom stereocenters. The van der Waals surface area contributed by atoms with Crippen molar-refractivity contribution in [1.29, 1.82) is 0 Å². The lowest BCUT2D eigenvalue weighted by Crippen LogP contribution is -2.40. The van der Waals surface area contributed by atoms with E-state index in [0.29, 0.717) is 0 Å². The lowest BCUT2D eigenvalue weighted by atomic mass is 9.61. The zero-order chi connectivity index (χ0) is 15.1. The first-order chi connectivity index (χ1) is 10.3. The van der Waals surface area contributed by atoms with Gasteiger partial charge < -0.3 is 5.32 Å². The molecule has 0 aliphatic heterocycles. The van der Waals surface area contributed by atoms with Crippen molar-refractivity contribution in [3.63, 3.8) is 0 Å². The van der Waals surface area contributed by atoms with Gasteiger partial charge >= 0.3 is 0 Å². The van der Waals surface area contributed by atoms with E-state index in [2.05, 4.69) is 26.1 Å². The van der Waals surface area contributed by atoms with Crippen LogP contribution in [0.2, 0.25) is 0 Å². The summed E-state index contributed by atoms with van der Waals surface area (Å²) >= 11 is 0. The highest BCUT2D eigenvalue weighted by atomic mass is 14.9. The van der Waals surface area contributed by atoms with Gasteiger partial charge in [0.1, 0.15) is 0 Å². The van der Waals surface area contributed by atoms with Gasteiger partial charge in [-0.05, 0) is 68.4 Å².